The number of alkyl halides is 3. The molecule has 0 aliphatic heterocycles. The van der Waals surface area contributed by atoms with E-state index in [0.717, 1.165) is 12.3 Å². The summed E-state index contributed by atoms with van der Waals surface area (Å²) in [4.78, 5) is 12.2. The lowest BCUT2D eigenvalue weighted by atomic mass is 10.1. The molecule has 0 unspecified atom stereocenters. The number of benzene rings is 2. The summed E-state index contributed by atoms with van der Waals surface area (Å²) in [6.07, 6.45) is -2.29. The number of carbonyl (C=O) groups is 1. The topological polar surface area (TPSA) is 63.2 Å². The number of carbonyl (C=O) groups excluding carboxylic acids is 1. The maximum absolute atomic E-state index is 12.1. The number of sulfone groups is 1. The molecule has 0 atom stereocenters. The monoisotopic (exact) mass is 369 g/mol. The van der Waals surface area contributed by atoms with Gasteiger partial charge in [-0.15, -0.1) is 0 Å². The van der Waals surface area contributed by atoms with Gasteiger partial charge in [-0.25, -0.2) is 8.42 Å². The zero-order valence-corrected chi connectivity index (χ0v) is 13.9. The summed E-state index contributed by atoms with van der Waals surface area (Å²) >= 11 is 0. The van der Waals surface area contributed by atoms with Crippen molar-refractivity contribution in [1.82, 2.24) is 0 Å². The molecule has 1 amide bonds. The van der Waals surface area contributed by atoms with E-state index >= 15 is 0 Å². The normalized spacial score (nSPS) is 12.3. The van der Waals surface area contributed by atoms with Crippen molar-refractivity contribution in [3.05, 3.63) is 65.7 Å². The van der Waals surface area contributed by atoms with Crippen molar-refractivity contribution < 1.29 is 26.4 Å². The molecule has 2 aromatic rings. The molecule has 0 spiro atoms. The fraction of sp³-hybridized carbons (Fsp3) is 0.118. The van der Waals surface area contributed by atoms with Crippen LogP contribution in [0.15, 0.2) is 59.5 Å². The maximum atomic E-state index is 12.1. The molecule has 0 aromatic heterocycles. The molecule has 0 radical (unpaired) electrons. The lowest BCUT2D eigenvalue weighted by Gasteiger charge is -2.06. The van der Waals surface area contributed by atoms with Crippen LogP contribution in [-0.2, 0) is 9.84 Å². The Morgan fingerprint density at radius 1 is 1.00 bits per heavy atom. The van der Waals surface area contributed by atoms with Crippen molar-refractivity contribution in [2.24, 2.45) is 0 Å². The first-order valence-electron chi connectivity index (χ1n) is 7.02. The smallest absolute Gasteiger partial charge is 0.322 e. The van der Waals surface area contributed by atoms with Crippen LogP contribution in [0.3, 0.4) is 0 Å². The van der Waals surface area contributed by atoms with E-state index in [9.17, 15) is 26.4 Å². The Labute approximate surface area is 142 Å². The van der Waals surface area contributed by atoms with Crippen molar-refractivity contribution in [2.45, 2.75) is 11.1 Å². The number of hydrogen-bond donors (Lipinski definition) is 1. The molecule has 0 saturated carbocycles. The first kappa shape index (κ1) is 18.7. The second-order valence-corrected chi connectivity index (χ2v) is 7.26. The third-order valence-electron chi connectivity index (χ3n) is 3.18. The van der Waals surface area contributed by atoms with Crippen molar-refractivity contribution in [2.75, 3.05) is 11.6 Å². The Morgan fingerprint density at radius 3 is 2.04 bits per heavy atom. The van der Waals surface area contributed by atoms with E-state index in [2.05, 4.69) is 5.32 Å². The molecular weight excluding hydrogens is 355 g/mol. The van der Waals surface area contributed by atoms with E-state index in [1.165, 1.54) is 48.5 Å². The summed E-state index contributed by atoms with van der Waals surface area (Å²) in [5.74, 6) is -0.460. The van der Waals surface area contributed by atoms with Gasteiger partial charge in [0.1, 0.15) is 0 Å². The summed E-state index contributed by atoms with van der Waals surface area (Å²) in [5, 5.41) is 2.58. The van der Waals surface area contributed by atoms with Gasteiger partial charge in [0.05, 0.1) is 4.90 Å². The second-order valence-electron chi connectivity index (χ2n) is 5.25. The van der Waals surface area contributed by atoms with Gasteiger partial charge in [-0.2, -0.15) is 13.2 Å². The van der Waals surface area contributed by atoms with Crippen molar-refractivity contribution in [3.63, 3.8) is 0 Å². The van der Waals surface area contributed by atoms with E-state index in [4.69, 9.17) is 0 Å². The Kier molecular flexibility index (Phi) is 5.32. The summed E-state index contributed by atoms with van der Waals surface area (Å²) in [6.45, 7) is 0. The molecule has 0 aliphatic rings. The highest BCUT2D eigenvalue weighted by atomic mass is 32.2. The fourth-order valence-corrected chi connectivity index (χ4v) is 2.56. The van der Waals surface area contributed by atoms with Crippen LogP contribution < -0.4 is 5.32 Å². The highest BCUT2D eigenvalue weighted by Crippen LogP contribution is 2.19. The van der Waals surface area contributed by atoms with Crippen LogP contribution in [0.4, 0.5) is 18.9 Å². The van der Waals surface area contributed by atoms with Crippen LogP contribution in [0.1, 0.15) is 15.9 Å². The Balaban J connectivity index is 2.07. The van der Waals surface area contributed by atoms with Crippen molar-refractivity contribution in [1.29, 1.82) is 0 Å². The van der Waals surface area contributed by atoms with E-state index in [1.807, 2.05) is 0 Å². The van der Waals surface area contributed by atoms with Crippen LogP contribution in [0.2, 0.25) is 0 Å². The highest BCUT2D eigenvalue weighted by Gasteiger charge is 2.21. The van der Waals surface area contributed by atoms with Crippen LogP contribution in [0, 0.1) is 0 Å². The summed E-state index contributed by atoms with van der Waals surface area (Å²) in [5.41, 5.74) is 0.973. The predicted octanol–water partition coefficient (Wildman–Crippen LogP) is 3.92. The molecule has 25 heavy (non-hydrogen) atoms. The van der Waals surface area contributed by atoms with Crippen LogP contribution in [0.25, 0.3) is 6.08 Å². The van der Waals surface area contributed by atoms with Gasteiger partial charge in [0.2, 0.25) is 0 Å². The predicted molar refractivity (Wildman–Crippen MR) is 89.0 cm³/mol. The largest absolute Gasteiger partial charge is 0.409 e. The van der Waals surface area contributed by atoms with Gasteiger partial charge in [-0.1, -0.05) is 18.2 Å². The molecule has 0 saturated heterocycles. The van der Waals surface area contributed by atoms with Crippen LogP contribution >= 0.6 is 0 Å². The van der Waals surface area contributed by atoms with Gasteiger partial charge in [0.15, 0.2) is 9.84 Å². The zero-order chi connectivity index (χ0) is 18.7. The van der Waals surface area contributed by atoms with E-state index in [0.29, 0.717) is 11.3 Å². The third-order valence-corrected chi connectivity index (χ3v) is 4.31. The van der Waals surface area contributed by atoms with Gasteiger partial charge >= 0.3 is 6.18 Å². The maximum Gasteiger partial charge on any atom is 0.409 e. The number of amides is 1. The standard InChI is InChI=1S/C17H14F3NO3S/c1-25(23,24)15-8-6-14(7-9-15)21-16(22)13-4-2-12(3-5-13)10-11-17(18,19)20/h2-11H,1H3,(H,21,22). The highest BCUT2D eigenvalue weighted by molar-refractivity contribution is 7.90. The summed E-state index contributed by atoms with van der Waals surface area (Å²) < 4.78 is 59.1. The van der Waals surface area contributed by atoms with Crippen molar-refractivity contribution >= 4 is 27.5 Å². The minimum atomic E-state index is -4.39. The Morgan fingerprint density at radius 2 is 1.56 bits per heavy atom. The summed E-state index contributed by atoms with van der Waals surface area (Å²) in [6, 6.07) is 11.2. The van der Waals surface area contributed by atoms with E-state index in [1.54, 1.807) is 0 Å². The second kappa shape index (κ2) is 7.10. The van der Waals surface area contributed by atoms with Gasteiger partial charge in [-0.05, 0) is 42.0 Å². The molecule has 8 heteroatoms. The molecule has 4 nitrogen and oxygen atoms in total. The molecular formula is C17H14F3NO3S. The molecule has 132 valence electrons. The van der Waals surface area contributed by atoms with Crippen LogP contribution in [0.5, 0.6) is 0 Å². The third kappa shape index (κ3) is 5.75. The minimum absolute atomic E-state index is 0.116. The molecule has 1 N–H and O–H groups in total. The first-order chi connectivity index (χ1) is 11.5. The molecule has 0 bridgehead atoms. The lowest BCUT2D eigenvalue weighted by molar-refractivity contribution is -0.0790. The average molecular weight is 369 g/mol. The number of halogens is 3. The number of rotatable bonds is 4. The van der Waals surface area contributed by atoms with Gasteiger partial charge < -0.3 is 5.32 Å². The van der Waals surface area contributed by atoms with Gasteiger partial charge in [0.25, 0.3) is 5.91 Å². The van der Waals surface area contributed by atoms with Gasteiger partial charge in [0, 0.05) is 23.6 Å². The van der Waals surface area contributed by atoms with Crippen LogP contribution in [-0.4, -0.2) is 26.8 Å². The molecule has 2 rings (SSSR count). The van der Waals surface area contributed by atoms with E-state index in [-0.39, 0.29) is 16.5 Å². The number of anilines is 1. The zero-order valence-electron chi connectivity index (χ0n) is 13.0. The number of nitrogens with one attached hydrogen (secondary N) is 1. The van der Waals surface area contributed by atoms with E-state index < -0.39 is 21.9 Å². The molecule has 2 aromatic carbocycles. The summed E-state index contributed by atoms with van der Waals surface area (Å²) in [7, 11) is -3.32. The van der Waals surface area contributed by atoms with Gasteiger partial charge in [-0.3, -0.25) is 4.79 Å². The molecule has 0 fully saturated rings. The first-order valence-corrected chi connectivity index (χ1v) is 8.91. The Bertz CT molecular complexity index is 884. The fourth-order valence-electron chi connectivity index (χ4n) is 1.93. The SMILES string of the molecule is CS(=O)(=O)c1ccc(NC(=O)c2ccc(C=CC(F)(F)F)cc2)cc1. The average Bonchev–Trinajstić information content (AvgIpc) is 2.52. The van der Waals surface area contributed by atoms with Crippen molar-refractivity contribution in [3.8, 4) is 0 Å². The number of hydrogen-bond acceptors (Lipinski definition) is 3. The molecule has 0 aliphatic carbocycles. The quantitative estimate of drug-likeness (QED) is 0.889. The minimum Gasteiger partial charge on any atom is -0.322 e. The lowest BCUT2D eigenvalue weighted by Crippen LogP contribution is -2.11. The molecule has 0 heterocycles. The number of allylic oxidation sites excluding steroid dienone is 1. The Hall–Kier alpha value is -2.61.